The molecule has 19 heavy (non-hydrogen) atoms. The number of aromatic nitrogens is 1. The van der Waals surface area contributed by atoms with Crippen LogP contribution in [0, 0.1) is 20.8 Å². The third-order valence-corrected chi connectivity index (χ3v) is 3.28. The second-order valence-corrected chi connectivity index (χ2v) is 4.94. The molecule has 2 rings (SSSR count). The zero-order chi connectivity index (χ0) is 13.8. The maximum atomic E-state index is 11.9. The van der Waals surface area contributed by atoms with Gasteiger partial charge in [0.25, 0.3) is 0 Å². The molecule has 1 N–H and O–H groups in total. The van der Waals surface area contributed by atoms with Crippen LogP contribution in [-0.2, 0) is 11.3 Å². The molecule has 0 aliphatic heterocycles. The van der Waals surface area contributed by atoms with Crippen molar-refractivity contribution in [2.45, 2.75) is 33.7 Å². The topological polar surface area (TPSA) is 34.0 Å². The number of rotatable bonds is 4. The molecule has 2 aromatic rings. The van der Waals surface area contributed by atoms with E-state index in [1.165, 1.54) is 11.4 Å². The molecule has 3 heteroatoms. The summed E-state index contributed by atoms with van der Waals surface area (Å²) in [4.78, 5) is 11.9. The molecule has 1 aromatic carbocycles. The first kappa shape index (κ1) is 13.4. The van der Waals surface area contributed by atoms with Crippen molar-refractivity contribution < 1.29 is 4.79 Å². The van der Waals surface area contributed by atoms with Crippen LogP contribution in [0.2, 0.25) is 0 Å². The van der Waals surface area contributed by atoms with E-state index in [-0.39, 0.29) is 5.91 Å². The Bertz CT molecular complexity index is 565. The van der Waals surface area contributed by atoms with Gasteiger partial charge in [0.1, 0.15) is 0 Å². The zero-order valence-electron chi connectivity index (χ0n) is 11.7. The Morgan fingerprint density at radius 3 is 2.42 bits per heavy atom. The summed E-state index contributed by atoms with van der Waals surface area (Å²) in [6.07, 6.45) is 0.490. The number of hydrogen-bond donors (Lipinski definition) is 1. The Labute approximate surface area is 114 Å². The molecule has 0 saturated heterocycles. The molecule has 0 radical (unpaired) electrons. The van der Waals surface area contributed by atoms with Gasteiger partial charge in [0.05, 0.1) is 0 Å². The molecule has 0 fully saturated rings. The van der Waals surface area contributed by atoms with E-state index < -0.39 is 0 Å². The number of carbonyl (C=O) groups excluding carboxylic acids is 1. The monoisotopic (exact) mass is 256 g/mol. The van der Waals surface area contributed by atoms with Crippen molar-refractivity contribution in [3.05, 3.63) is 53.3 Å². The lowest BCUT2D eigenvalue weighted by Crippen LogP contribution is -2.15. The van der Waals surface area contributed by atoms with Gasteiger partial charge in [-0.05, 0) is 50.6 Å². The largest absolute Gasteiger partial charge is 0.349 e. The summed E-state index contributed by atoms with van der Waals surface area (Å²) in [5.41, 5.74) is 4.41. The van der Waals surface area contributed by atoms with Gasteiger partial charge in [-0.1, -0.05) is 12.1 Å². The number of nitrogens with zero attached hydrogens (tertiary/aromatic N) is 1. The van der Waals surface area contributed by atoms with Crippen molar-refractivity contribution in [3.8, 4) is 0 Å². The van der Waals surface area contributed by atoms with Crippen LogP contribution in [-0.4, -0.2) is 10.5 Å². The average molecular weight is 256 g/mol. The SMILES string of the molecule is Cc1cccc(NC(=O)CCn2c(C)ccc2C)c1. The predicted octanol–water partition coefficient (Wildman–Crippen LogP) is 3.44. The number of aryl methyl sites for hydroxylation is 3. The molecular formula is C16H20N2O. The Morgan fingerprint density at radius 1 is 1.11 bits per heavy atom. The minimum atomic E-state index is 0.0538. The van der Waals surface area contributed by atoms with Crippen LogP contribution in [0.3, 0.4) is 0 Å². The lowest BCUT2D eigenvalue weighted by Gasteiger charge is -2.10. The molecule has 100 valence electrons. The summed E-state index contributed by atoms with van der Waals surface area (Å²) in [7, 11) is 0. The highest BCUT2D eigenvalue weighted by Gasteiger charge is 2.05. The van der Waals surface area contributed by atoms with Crippen molar-refractivity contribution in [2.75, 3.05) is 5.32 Å². The third-order valence-electron chi connectivity index (χ3n) is 3.28. The number of carbonyl (C=O) groups is 1. The summed E-state index contributed by atoms with van der Waals surface area (Å²) in [5.74, 6) is 0.0538. The Kier molecular flexibility index (Phi) is 4.05. The van der Waals surface area contributed by atoms with Crippen LogP contribution in [0.4, 0.5) is 5.69 Å². The van der Waals surface area contributed by atoms with Crippen molar-refractivity contribution >= 4 is 11.6 Å². The zero-order valence-corrected chi connectivity index (χ0v) is 11.7. The summed E-state index contributed by atoms with van der Waals surface area (Å²) in [6.45, 7) is 6.86. The van der Waals surface area contributed by atoms with Gasteiger partial charge in [0.2, 0.25) is 5.91 Å². The van der Waals surface area contributed by atoms with Crippen LogP contribution in [0.1, 0.15) is 23.4 Å². The number of anilines is 1. The van der Waals surface area contributed by atoms with Crippen molar-refractivity contribution in [1.29, 1.82) is 0 Å². The number of nitrogens with one attached hydrogen (secondary N) is 1. The second-order valence-electron chi connectivity index (χ2n) is 4.94. The van der Waals surface area contributed by atoms with Gasteiger partial charge in [-0.2, -0.15) is 0 Å². The molecular weight excluding hydrogens is 236 g/mol. The highest BCUT2D eigenvalue weighted by Crippen LogP contribution is 2.11. The van der Waals surface area contributed by atoms with Crippen molar-refractivity contribution in [2.24, 2.45) is 0 Å². The Balaban J connectivity index is 1.92. The Morgan fingerprint density at radius 2 is 1.79 bits per heavy atom. The minimum Gasteiger partial charge on any atom is -0.349 e. The lowest BCUT2D eigenvalue weighted by atomic mass is 10.2. The fourth-order valence-electron chi connectivity index (χ4n) is 2.21. The van der Waals surface area contributed by atoms with Gasteiger partial charge in [-0.15, -0.1) is 0 Å². The van der Waals surface area contributed by atoms with E-state index in [0.717, 1.165) is 17.8 Å². The molecule has 0 unspecified atom stereocenters. The van der Waals surface area contributed by atoms with Gasteiger partial charge in [0, 0.05) is 30.0 Å². The molecule has 0 aliphatic carbocycles. The van der Waals surface area contributed by atoms with Crippen LogP contribution in [0.5, 0.6) is 0 Å². The van der Waals surface area contributed by atoms with Crippen LogP contribution in [0.25, 0.3) is 0 Å². The highest BCUT2D eigenvalue weighted by atomic mass is 16.1. The van der Waals surface area contributed by atoms with Crippen molar-refractivity contribution in [1.82, 2.24) is 4.57 Å². The van der Waals surface area contributed by atoms with Crippen LogP contribution >= 0.6 is 0 Å². The van der Waals surface area contributed by atoms with E-state index in [4.69, 9.17) is 0 Å². The van der Waals surface area contributed by atoms with E-state index in [9.17, 15) is 4.79 Å². The third kappa shape index (κ3) is 3.47. The maximum absolute atomic E-state index is 11.9. The van der Waals surface area contributed by atoms with E-state index in [1.807, 2.05) is 31.2 Å². The van der Waals surface area contributed by atoms with Gasteiger partial charge in [-0.25, -0.2) is 0 Å². The normalized spacial score (nSPS) is 10.5. The first-order valence-corrected chi connectivity index (χ1v) is 6.55. The summed E-state index contributed by atoms with van der Waals surface area (Å²) >= 11 is 0. The summed E-state index contributed by atoms with van der Waals surface area (Å²) in [5, 5.41) is 2.93. The molecule has 0 atom stereocenters. The number of amides is 1. The quantitative estimate of drug-likeness (QED) is 0.893. The van der Waals surface area contributed by atoms with Gasteiger partial charge in [-0.3, -0.25) is 4.79 Å². The van der Waals surface area contributed by atoms with Gasteiger partial charge in [0.15, 0.2) is 0 Å². The van der Waals surface area contributed by atoms with E-state index in [2.05, 4.69) is 35.9 Å². The van der Waals surface area contributed by atoms with Gasteiger partial charge >= 0.3 is 0 Å². The summed E-state index contributed by atoms with van der Waals surface area (Å²) in [6, 6.07) is 12.0. The molecule has 3 nitrogen and oxygen atoms in total. The first-order chi connectivity index (χ1) is 9.06. The standard InChI is InChI=1S/C16H20N2O/c1-12-5-4-6-15(11-12)17-16(19)9-10-18-13(2)7-8-14(18)3/h4-8,11H,9-10H2,1-3H3,(H,17,19). The van der Waals surface area contributed by atoms with E-state index in [1.54, 1.807) is 0 Å². The van der Waals surface area contributed by atoms with Crippen molar-refractivity contribution in [3.63, 3.8) is 0 Å². The molecule has 0 spiro atoms. The molecule has 1 amide bonds. The maximum Gasteiger partial charge on any atom is 0.226 e. The van der Waals surface area contributed by atoms with E-state index >= 15 is 0 Å². The Hall–Kier alpha value is -2.03. The molecule has 1 heterocycles. The van der Waals surface area contributed by atoms with Crippen LogP contribution < -0.4 is 5.32 Å². The lowest BCUT2D eigenvalue weighted by molar-refractivity contribution is -0.116. The highest BCUT2D eigenvalue weighted by molar-refractivity contribution is 5.90. The smallest absolute Gasteiger partial charge is 0.226 e. The fourth-order valence-corrected chi connectivity index (χ4v) is 2.21. The molecule has 0 saturated carbocycles. The minimum absolute atomic E-state index is 0.0538. The van der Waals surface area contributed by atoms with E-state index in [0.29, 0.717) is 6.42 Å². The second kappa shape index (κ2) is 5.74. The van der Waals surface area contributed by atoms with Crippen LogP contribution in [0.15, 0.2) is 36.4 Å². The predicted molar refractivity (Wildman–Crippen MR) is 78.3 cm³/mol. The summed E-state index contributed by atoms with van der Waals surface area (Å²) < 4.78 is 2.16. The molecule has 1 aromatic heterocycles. The van der Waals surface area contributed by atoms with Gasteiger partial charge < -0.3 is 9.88 Å². The first-order valence-electron chi connectivity index (χ1n) is 6.55. The fraction of sp³-hybridized carbons (Fsp3) is 0.312. The molecule has 0 bridgehead atoms. The molecule has 0 aliphatic rings. The number of benzene rings is 1. The number of hydrogen-bond acceptors (Lipinski definition) is 1. The average Bonchev–Trinajstić information content (AvgIpc) is 2.67.